The number of nitrogens with two attached hydrogens (primary N) is 2. The number of pyridine rings is 1. The normalized spacial score (nSPS) is 19.4. The molecule has 41 heavy (non-hydrogen) atoms. The number of benzene rings is 1. The maximum atomic E-state index is 14.2. The van der Waals surface area contributed by atoms with Gasteiger partial charge in [0.2, 0.25) is 0 Å². The molecule has 1 fully saturated rings. The third-order valence-corrected chi connectivity index (χ3v) is 8.10. The number of Topliss-reactive ketones (excluding diaryl/α,β-unsaturated/α-hetero) is 1. The van der Waals surface area contributed by atoms with Gasteiger partial charge in [-0.1, -0.05) is 12.5 Å². The molecule has 1 aliphatic heterocycles. The second-order valence-electron chi connectivity index (χ2n) is 10.1. The smallest absolute Gasteiger partial charge is 0.391 e. The minimum atomic E-state index is -4.62. The number of hydrazine groups is 1. The average Bonchev–Trinajstić information content (AvgIpc) is 3.33. The van der Waals surface area contributed by atoms with Crippen LogP contribution in [-0.2, 0) is 12.6 Å². The van der Waals surface area contributed by atoms with Crippen LogP contribution in [0.5, 0.6) is 0 Å². The van der Waals surface area contributed by atoms with Gasteiger partial charge in [-0.15, -0.1) is 0 Å². The van der Waals surface area contributed by atoms with Gasteiger partial charge in [0.15, 0.2) is 5.78 Å². The molecule has 0 spiro atoms. The molecule has 1 aliphatic carbocycles. The van der Waals surface area contributed by atoms with Crippen molar-refractivity contribution < 1.29 is 22.4 Å². The lowest BCUT2D eigenvalue weighted by atomic mass is 9.65. The Kier molecular flexibility index (Phi) is 7.95. The van der Waals surface area contributed by atoms with Crippen molar-refractivity contribution in [3.63, 3.8) is 0 Å². The van der Waals surface area contributed by atoms with Crippen LogP contribution in [0.25, 0.3) is 11.8 Å². The van der Waals surface area contributed by atoms with E-state index in [9.17, 15) is 22.4 Å². The lowest BCUT2D eigenvalue weighted by Crippen LogP contribution is -2.50. The van der Waals surface area contributed by atoms with E-state index >= 15 is 0 Å². The van der Waals surface area contributed by atoms with Crippen LogP contribution in [0.3, 0.4) is 0 Å². The first kappa shape index (κ1) is 28.8. The summed E-state index contributed by atoms with van der Waals surface area (Å²) in [6.07, 6.45) is 3.02. The minimum absolute atomic E-state index is 0.189. The lowest BCUT2D eigenvalue weighted by Gasteiger charge is -2.44. The summed E-state index contributed by atoms with van der Waals surface area (Å²) in [6, 6.07) is 7.54. The number of aromatic nitrogens is 3. The van der Waals surface area contributed by atoms with Gasteiger partial charge in [-0.25, -0.2) is 19.2 Å². The van der Waals surface area contributed by atoms with Crippen LogP contribution in [0.4, 0.5) is 17.6 Å². The number of nitrogens with zero attached hydrogens (tertiary/aromatic N) is 5. The van der Waals surface area contributed by atoms with Gasteiger partial charge in [-0.2, -0.15) is 18.3 Å². The van der Waals surface area contributed by atoms with Crippen molar-refractivity contribution in [1.29, 1.82) is 0 Å². The second kappa shape index (κ2) is 11.3. The van der Waals surface area contributed by atoms with Crippen molar-refractivity contribution in [3.05, 3.63) is 93.9 Å². The van der Waals surface area contributed by atoms with Gasteiger partial charge >= 0.3 is 6.18 Å². The molecule has 216 valence electrons. The molecule has 1 saturated heterocycles. The number of alkyl halides is 3. The maximum absolute atomic E-state index is 14.2. The molecule has 0 amide bonds. The van der Waals surface area contributed by atoms with Crippen molar-refractivity contribution in [3.8, 4) is 5.69 Å². The molecule has 8 nitrogen and oxygen atoms in total. The SMILES string of the molecule is CCCN(N)/C=C(\N)SN1CCC2=Cc3c(cnn3-c3ccc(F)cc3)CC2(C(=O)c2cc(C(F)(F)F)ccn2)C1. The molecule has 0 radical (unpaired) electrons. The number of ketones is 1. The number of hydrogen-bond donors (Lipinski definition) is 2. The van der Waals surface area contributed by atoms with Crippen molar-refractivity contribution in [2.45, 2.75) is 32.4 Å². The summed E-state index contributed by atoms with van der Waals surface area (Å²) >= 11 is 1.25. The number of piperidine rings is 1. The predicted octanol–water partition coefficient (Wildman–Crippen LogP) is 4.93. The number of rotatable bonds is 8. The van der Waals surface area contributed by atoms with E-state index in [1.54, 1.807) is 29.2 Å². The van der Waals surface area contributed by atoms with Crippen LogP contribution in [0.2, 0.25) is 0 Å². The summed E-state index contributed by atoms with van der Waals surface area (Å²) in [5.41, 5.74) is 6.74. The summed E-state index contributed by atoms with van der Waals surface area (Å²) < 4.78 is 57.7. The van der Waals surface area contributed by atoms with Gasteiger partial charge in [0.25, 0.3) is 0 Å². The Hall–Kier alpha value is -3.68. The maximum Gasteiger partial charge on any atom is 0.416 e. The van der Waals surface area contributed by atoms with E-state index in [0.717, 1.165) is 41.6 Å². The summed E-state index contributed by atoms with van der Waals surface area (Å²) in [4.78, 5) is 18.3. The van der Waals surface area contributed by atoms with Crippen LogP contribution in [0.15, 0.2) is 65.6 Å². The number of hydrogen-bond acceptors (Lipinski definition) is 8. The zero-order chi connectivity index (χ0) is 29.4. The largest absolute Gasteiger partial charge is 0.416 e. The number of carbonyl (C=O) groups is 1. The zero-order valence-electron chi connectivity index (χ0n) is 22.2. The molecule has 5 rings (SSSR count). The molecule has 3 heterocycles. The summed E-state index contributed by atoms with van der Waals surface area (Å²) in [5.74, 6) is 5.08. The highest BCUT2D eigenvalue weighted by Gasteiger charge is 2.50. The number of halogens is 4. The van der Waals surface area contributed by atoms with Crippen LogP contribution >= 0.6 is 11.9 Å². The minimum Gasteiger partial charge on any atom is -0.391 e. The van der Waals surface area contributed by atoms with E-state index in [2.05, 4.69) is 10.1 Å². The van der Waals surface area contributed by atoms with Gasteiger partial charge in [0.1, 0.15) is 11.5 Å². The van der Waals surface area contributed by atoms with Gasteiger partial charge < -0.3 is 10.7 Å². The molecule has 0 saturated carbocycles. The molecule has 4 N–H and O–H groups in total. The fraction of sp³-hybridized carbons (Fsp3) is 0.321. The zero-order valence-corrected chi connectivity index (χ0v) is 23.1. The molecule has 0 bridgehead atoms. The van der Waals surface area contributed by atoms with E-state index in [1.807, 2.05) is 17.3 Å². The molecule has 1 unspecified atom stereocenters. The lowest BCUT2D eigenvalue weighted by molar-refractivity contribution is -0.137. The molecular formula is C28H29F4N7OS. The highest BCUT2D eigenvalue weighted by Crippen LogP contribution is 2.48. The Morgan fingerprint density at radius 1 is 1.24 bits per heavy atom. The fourth-order valence-corrected chi connectivity index (χ4v) is 6.26. The van der Waals surface area contributed by atoms with Crippen LogP contribution in [0, 0.1) is 11.2 Å². The molecule has 1 aromatic carbocycles. The van der Waals surface area contributed by atoms with E-state index in [4.69, 9.17) is 11.6 Å². The van der Waals surface area contributed by atoms with Gasteiger partial charge in [-0.05, 0) is 79.2 Å². The Balaban J connectivity index is 1.54. The highest BCUT2D eigenvalue weighted by atomic mass is 32.2. The Morgan fingerprint density at radius 3 is 2.71 bits per heavy atom. The van der Waals surface area contributed by atoms with Gasteiger partial charge in [0, 0.05) is 32.0 Å². The van der Waals surface area contributed by atoms with Crippen molar-refractivity contribution >= 4 is 23.8 Å². The first-order chi connectivity index (χ1) is 19.5. The standard InChI is InChI=1S/C28H29F4N7OS/c1-2-10-37(34)16-25(33)41-38-11-8-19-13-24-18(15-36-39(24)22-5-3-21(29)4-6-22)14-27(19,17-38)26(40)23-12-20(7-9-35-23)28(30,31)32/h3-7,9,12-13,15-16H,2,8,10-11,14,17,33-34H2,1H3/b25-16+. The number of fused-ring (bicyclic) bond motifs is 2. The van der Waals surface area contributed by atoms with Crippen molar-refractivity contribution in [2.24, 2.45) is 17.0 Å². The highest BCUT2D eigenvalue weighted by molar-refractivity contribution is 8.00. The van der Waals surface area contributed by atoms with Gasteiger partial charge in [0.05, 0.1) is 33.6 Å². The van der Waals surface area contributed by atoms with E-state index < -0.39 is 22.9 Å². The first-order valence-electron chi connectivity index (χ1n) is 13.0. The van der Waals surface area contributed by atoms with E-state index in [-0.39, 0.29) is 24.5 Å². The van der Waals surface area contributed by atoms with Crippen LogP contribution < -0.4 is 11.6 Å². The Bertz CT molecular complexity index is 1500. The van der Waals surface area contributed by atoms with E-state index in [1.165, 1.54) is 29.1 Å². The molecule has 2 aromatic heterocycles. The van der Waals surface area contributed by atoms with Gasteiger partial charge in [-0.3, -0.25) is 9.78 Å². The molecule has 13 heteroatoms. The second-order valence-corrected chi connectivity index (χ2v) is 11.3. The molecular weight excluding hydrogens is 558 g/mol. The average molecular weight is 588 g/mol. The van der Waals surface area contributed by atoms with Crippen LogP contribution in [-0.4, -0.2) is 49.5 Å². The Morgan fingerprint density at radius 2 is 2.00 bits per heavy atom. The predicted molar refractivity (Wildman–Crippen MR) is 148 cm³/mol. The summed E-state index contributed by atoms with van der Waals surface area (Å²) in [7, 11) is 0. The van der Waals surface area contributed by atoms with E-state index in [0.29, 0.717) is 30.2 Å². The number of carbonyl (C=O) groups excluding carboxylic acids is 1. The molecule has 1 atom stereocenters. The summed E-state index contributed by atoms with van der Waals surface area (Å²) in [5, 5.41) is 6.40. The quantitative estimate of drug-likeness (QED) is 0.126. The molecule has 2 aliphatic rings. The molecule has 3 aromatic rings. The fourth-order valence-electron chi connectivity index (χ4n) is 5.32. The topological polar surface area (TPSA) is 106 Å². The van der Waals surface area contributed by atoms with Crippen LogP contribution in [0.1, 0.15) is 47.1 Å². The van der Waals surface area contributed by atoms with Crippen molar-refractivity contribution in [1.82, 2.24) is 24.1 Å². The Labute approximate surface area is 238 Å². The van der Waals surface area contributed by atoms with Crippen molar-refractivity contribution in [2.75, 3.05) is 19.6 Å². The summed E-state index contributed by atoms with van der Waals surface area (Å²) in [6.45, 7) is 3.32. The monoisotopic (exact) mass is 587 g/mol. The first-order valence-corrected chi connectivity index (χ1v) is 13.8. The third kappa shape index (κ3) is 5.88. The third-order valence-electron chi connectivity index (χ3n) is 7.22.